The summed E-state index contributed by atoms with van der Waals surface area (Å²) < 4.78 is 5.81. The summed E-state index contributed by atoms with van der Waals surface area (Å²) in [6, 6.07) is 0.591. The van der Waals surface area contributed by atoms with Gasteiger partial charge in [-0.25, -0.2) is 0 Å². The maximum absolute atomic E-state index is 5.81. The van der Waals surface area contributed by atoms with Crippen LogP contribution in [0, 0.1) is 5.41 Å². The molecule has 0 spiro atoms. The second-order valence-electron chi connectivity index (χ2n) is 7.78. The molecule has 0 aromatic rings. The third kappa shape index (κ3) is 5.88. The van der Waals surface area contributed by atoms with Gasteiger partial charge in [-0.1, -0.05) is 39.5 Å². The Bertz CT molecular complexity index is 279. The van der Waals surface area contributed by atoms with Crippen LogP contribution in [0.1, 0.15) is 65.2 Å². The molecule has 21 heavy (non-hydrogen) atoms. The fourth-order valence-electron chi connectivity index (χ4n) is 4.06. The molecule has 0 amide bonds. The second kappa shape index (κ2) is 8.50. The number of ether oxygens (including phenoxy) is 1. The van der Waals surface area contributed by atoms with Gasteiger partial charge < -0.3 is 15.0 Å². The third-order valence-corrected chi connectivity index (χ3v) is 5.19. The number of hydrogen-bond donors (Lipinski definition) is 1. The summed E-state index contributed by atoms with van der Waals surface area (Å²) in [4.78, 5) is 2.54. The van der Waals surface area contributed by atoms with Crippen molar-refractivity contribution >= 4 is 0 Å². The van der Waals surface area contributed by atoms with Crippen LogP contribution in [0.5, 0.6) is 0 Å². The molecule has 1 N–H and O–H groups in total. The first-order chi connectivity index (χ1) is 10.1. The molecule has 0 bridgehead atoms. The number of nitrogens with one attached hydrogen (secondary N) is 1. The van der Waals surface area contributed by atoms with Gasteiger partial charge in [-0.2, -0.15) is 0 Å². The Balaban J connectivity index is 1.89. The van der Waals surface area contributed by atoms with Gasteiger partial charge in [0.05, 0.1) is 6.10 Å². The van der Waals surface area contributed by atoms with Crippen molar-refractivity contribution < 1.29 is 4.74 Å². The molecule has 1 aliphatic heterocycles. The molecule has 1 atom stereocenters. The summed E-state index contributed by atoms with van der Waals surface area (Å²) in [6.45, 7) is 9.02. The van der Waals surface area contributed by atoms with Crippen LogP contribution in [0.15, 0.2) is 0 Å². The average Bonchev–Trinajstić information content (AvgIpc) is 2.82. The maximum atomic E-state index is 5.81. The van der Waals surface area contributed by atoms with Gasteiger partial charge in [0, 0.05) is 32.3 Å². The predicted octanol–water partition coefficient (Wildman–Crippen LogP) is 3.44. The molecule has 2 fully saturated rings. The first kappa shape index (κ1) is 17.2. The van der Waals surface area contributed by atoms with Gasteiger partial charge in [0.2, 0.25) is 0 Å². The zero-order valence-corrected chi connectivity index (χ0v) is 14.5. The monoisotopic (exact) mass is 296 g/mol. The highest BCUT2D eigenvalue weighted by Gasteiger charge is 2.32. The number of nitrogens with zero attached hydrogens (tertiary/aromatic N) is 1. The summed E-state index contributed by atoms with van der Waals surface area (Å²) in [5.74, 6) is 0. The summed E-state index contributed by atoms with van der Waals surface area (Å²) in [6.07, 6.45) is 11.4. The molecule has 1 saturated heterocycles. The lowest BCUT2D eigenvalue weighted by Crippen LogP contribution is -2.46. The molecule has 2 aliphatic rings. The molecule has 1 saturated carbocycles. The number of likely N-dealkylation sites (N-methyl/N-ethyl adjacent to an activating group) is 1. The van der Waals surface area contributed by atoms with Crippen LogP contribution in [0.2, 0.25) is 0 Å². The molecule has 124 valence electrons. The minimum atomic E-state index is 0.480. The summed E-state index contributed by atoms with van der Waals surface area (Å²) in [5.41, 5.74) is 0.480. The van der Waals surface area contributed by atoms with Gasteiger partial charge in [0.1, 0.15) is 0 Å². The molecule has 1 heterocycles. The zero-order valence-electron chi connectivity index (χ0n) is 14.5. The second-order valence-corrected chi connectivity index (χ2v) is 7.78. The number of rotatable bonds is 7. The van der Waals surface area contributed by atoms with Gasteiger partial charge in [0.15, 0.2) is 0 Å². The van der Waals surface area contributed by atoms with Crippen molar-refractivity contribution in [2.24, 2.45) is 5.41 Å². The van der Waals surface area contributed by atoms with Crippen LogP contribution in [0.4, 0.5) is 0 Å². The zero-order chi connectivity index (χ0) is 15.1. The highest BCUT2D eigenvalue weighted by atomic mass is 16.5. The van der Waals surface area contributed by atoms with E-state index < -0.39 is 0 Å². The minimum Gasteiger partial charge on any atom is -0.377 e. The fourth-order valence-corrected chi connectivity index (χ4v) is 4.06. The van der Waals surface area contributed by atoms with Gasteiger partial charge in [-0.15, -0.1) is 0 Å². The Morgan fingerprint density at radius 1 is 1.14 bits per heavy atom. The molecule has 3 heteroatoms. The Hall–Kier alpha value is -0.120. The van der Waals surface area contributed by atoms with Crippen LogP contribution in [-0.4, -0.2) is 50.3 Å². The summed E-state index contributed by atoms with van der Waals surface area (Å²) in [5, 5.41) is 3.72. The van der Waals surface area contributed by atoms with Crippen LogP contribution < -0.4 is 5.32 Å². The predicted molar refractivity (Wildman–Crippen MR) is 89.7 cm³/mol. The van der Waals surface area contributed by atoms with Crippen LogP contribution in [-0.2, 0) is 4.74 Å². The maximum Gasteiger partial charge on any atom is 0.0702 e. The van der Waals surface area contributed by atoms with Crippen molar-refractivity contribution in [2.45, 2.75) is 77.4 Å². The van der Waals surface area contributed by atoms with E-state index in [0.717, 1.165) is 13.2 Å². The minimum absolute atomic E-state index is 0.480. The lowest BCUT2D eigenvalue weighted by molar-refractivity contribution is 0.0598. The topological polar surface area (TPSA) is 24.5 Å². The van der Waals surface area contributed by atoms with E-state index in [2.05, 4.69) is 31.1 Å². The van der Waals surface area contributed by atoms with E-state index >= 15 is 0 Å². The molecular weight excluding hydrogens is 260 g/mol. The average molecular weight is 296 g/mol. The summed E-state index contributed by atoms with van der Waals surface area (Å²) in [7, 11) is 2.30. The quantitative estimate of drug-likeness (QED) is 0.728. The molecule has 0 aromatic carbocycles. The standard InChI is InChI=1S/C18H36N2O/c1-16(2)19-14-18(10-6-4-5-7-11-18)15-20(3)13-17-9-8-12-21-17/h16-17,19H,4-15H2,1-3H3. The number of hydrogen-bond acceptors (Lipinski definition) is 3. The van der Waals surface area contributed by atoms with Crippen LogP contribution >= 0.6 is 0 Å². The Morgan fingerprint density at radius 2 is 1.86 bits per heavy atom. The SMILES string of the molecule is CC(C)NCC1(CN(C)CC2CCCO2)CCCCCC1. The van der Waals surface area contributed by atoms with Crippen molar-refractivity contribution in [2.75, 3.05) is 33.3 Å². The molecular formula is C18H36N2O. The van der Waals surface area contributed by atoms with Crippen molar-refractivity contribution in [3.05, 3.63) is 0 Å². The lowest BCUT2D eigenvalue weighted by atomic mass is 9.79. The molecule has 1 unspecified atom stereocenters. The largest absolute Gasteiger partial charge is 0.377 e. The van der Waals surface area contributed by atoms with Crippen molar-refractivity contribution in [1.82, 2.24) is 10.2 Å². The van der Waals surface area contributed by atoms with E-state index in [4.69, 9.17) is 4.74 Å². The fraction of sp³-hybridized carbons (Fsp3) is 1.00. The van der Waals surface area contributed by atoms with Gasteiger partial charge >= 0.3 is 0 Å². The first-order valence-corrected chi connectivity index (χ1v) is 9.13. The van der Waals surface area contributed by atoms with Gasteiger partial charge in [-0.05, 0) is 38.1 Å². The van der Waals surface area contributed by atoms with Gasteiger partial charge in [-0.3, -0.25) is 0 Å². The van der Waals surface area contributed by atoms with Crippen LogP contribution in [0.25, 0.3) is 0 Å². The van der Waals surface area contributed by atoms with E-state index in [1.807, 2.05) is 0 Å². The summed E-state index contributed by atoms with van der Waals surface area (Å²) >= 11 is 0. The van der Waals surface area contributed by atoms with Crippen molar-refractivity contribution in [1.29, 1.82) is 0 Å². The first-order valence-electron chi connectivity index (χ1n) is 9.13. The lowest BCUT2D eigenvalue weighted by Gasteiger charge is -2.38. The van der Waals surface area contributed by atoms with E-state index in [1.54, 1.807) is 0 Å². The Morgan fingerprint density at radius 3 is 2.43 bits per heavy atom. The Labute approximate surface area is 131 Å². The van der Waals surface area contributed by atoms with Gasteiger partial charge in [0.25, 0.3) is 0 Å². The smallest absolute Gasteiger partial charge is 0.0702 e. The molecule has 2 rings (SSSR count). The van der Waals surface area contributed by atoms with Crippen molar-refractivity contribution in [3.63, 3.8) is 0 Å². The highest BCUT2D eigenvalue weighted by Crippen LogP contribution is 2.35. The van der Waals surface area contributed by atoms with Crippen molar-refractivity contribution in [3.8, 4) is 0 Å². The highest BCUT2D eigenvalue weighted by molar-refractivity contribution is 4.87. The molecule has 1 aliphatic carbocycles. The molecule has 0 aromatic heterocycles. The van der Waals surface area contributed by atoms with Crippen LogP contribution in [0.3, 0.4) is 0 Å². The van der Waals surface area contributed by atoms with E-state index in [9.17, 15) is 0 Å². The van der Waals surface area contributed by atoms with E-state index in [-0.39, 0.29) is 0 Å². The molecule has 3 nitrogen and oxygen atoms in total. The Kier molecular flexibility index (Phi) is 6.97. The normalized spacial score (nSPS) is 26.4. The van der Waals surface area contributed by atoms with E-state index in [1.165, 1.54) is 64.5 Å². The molecule has 0 radical (unpaired) electrons. The third-order valence-electron chi connectivity index (χ3n) is 5.19. The van der Waals surface area contributed by atoms with E-state index in [0.29, 0.717) is 17.6 Å².